The molecule has 7 nitrogen and oxygen atoms in total. The largest absolute Gasteiger partial charge is 0.478 e. The van der Waals surface area contributed by atoms with Gasteiger partial charge >= 0.3 is 18.2 Å². The summed E-state index contributed by atoms with van der Waals surface area (Å²) in [5.41, 5.74) is -1.92. The van der Waals surface area contributed by atoms with Crippen LogP contribution < -0.4 is 5.32 Å². The topological polar surface area (TPSA) is 116 Å². The van der Waals surface area contributed by atoms with Crippen LogP contribution in [0.5, 0.6) is 0 Å². The second-order valence-electron chi connectivity index (χ2n) is 6.40. The average Bonchev–Trinajstić information content (AvgIpc) is 2.71. The number of nitrogens with one attached hydrogen (secondary N) is 1. The summed E-state index contributed by atoms with van der Waals surface area (Å²) in [6, 6.07) is 11.1. The number of aromatic carboxylic acids is 1. The maximum absolute atomic E-state index is 13.1. The van der Waals surface area contributed by atoms with Gasteiger partial charge in [0, 0.05) is 6.54 Å². The Kier molecular flexibility index (Phi) is 7.79. The highest BCUT2D eigenvalue weighted by molar-refractivity contribution is 5.89. The minimum Gasteiger partial charge on any atom is -0.478 e. The predicted octanol–water partition coefficient (Wildman–Crippen LogP) is 3.11. The minimum atomic E-state index is -4.95. The summed E-state index contributed by atoms with van der Waals surface area (Å²) in [5, 5.41) is 31.4. The van der Waals surface area contributed by atoms with Crippen LogP contribution in [-0.4, -0.2) is 40.0 Å². The van der Waals surface area contributed by atoms with Gasteiger partial charge in [0.15, 0.2) is 0 Å². The van der Waals surface area contributed by atoms with E-state index < -0.39 is 41.6 Å². The summed E-state index contributed by atoms with van der Waals surface area (Å²) in [6.07, 6.45) is -9.10. The molecule has 0 spiro atoms. The van der Waals surface area contributed by atoms with Crippen LogP contribution in [0.25, 0.3) is 0 Å². The van der Waals surface area contributed by atoms with Gasteiger partial charge in [-0.1, -0.05) is 36.4 Å². The molecule has 0 aromatic heterocycles. The molecular weight excluding hydrogens is 407 g/mol. The molecule has 0 bridgehead atoms. The molecule has 0 fully saturated rings. The molecule has 0 heterocycles. The van der Waals surface area contributed by atoms with Gasteiger partial charge in [-0.25, -0.2) is 9.59 Å². The van der Waals surface area contributed by atoms with Gasteiger partial charge in [-0.05, 0) is 29.7 Å². The van der Waals surface area contributed by atoms with Crippen LogP contribution in [0.4, 0.5) is 18.0 Å². The smallest absolute Gasteiger partial charge is 0.417 e. The normalized spacial score (nSPS) is 13.4. The van der Waals surface area contributed by atoms with E-state index in [1.165, 1.54) is 0 Å². The number of aliphatic hydroxyl groups excluding tert-OH is 2. The van der Waals surface area contributed by atoms with Gasteiger partial charge in [0.25, 0.3) is 0 Å². The highest BCUT2D eigenvalue weighted by Crippen LogP contribution is 2.34. The molecule has 162 valence electrons. The number of carbonyl (C=O) groups is 2. The van der Waals surface area contributed by atoms with Gasteiger partial charge in [0.05, 0.1) is 17.2 Å². The highest BCUT2D eigenvalue weighted by Gasteiger charge is 2.36. The SMILES string of the molecule is O=C(NCCC(O)C(O)c1ccc(C(=O)O)c(C(F)(F)F)c1)OCc1ccccc1. The van der Waals surface area contributed by atoms with Gasteiger partial charge in [0.1, 0.15) is 12.7 Å². The second kappa shape index (κ2) is 10.1. The molecule has 0 aliphatic rings. The zero-order chi connectivity index (χ0) is 22.3. The molecular formula is C20H20F3NO6. The summed E-state index contributed by atoms with van der Waals surface area (Å²) in [7, 11) is 0. The lowest BCUT2D eigenvalue weighted by Gasteiger charge is -2.20. The van der Waals surface area contributed by atoms with E-state index >= 15 is 0 Å². The van der Waals surface area contributed by atoms with Gasteiger partial charge in [-0.15, -0.1) is 0 Å². The molecule has 0 saturated carbocycles. The van der Waals surface area contributed by atoms with Gasteiger partial charge in [-0.2, -0.15) is 13.2 Å². The Morgan fingerprint density at radius 3 is 2.33 bits per heavy atom. The van der Waals surface area contributed by atoms with Crippen LogP contribution in [0.2, 0.25) is 0 Å². The third-order valence-electron chi connectivity index (χ3n) is 4.21. The van der Waals surface area contributed by atoms with Crippen LogP contribution in [0.3, 0.4) is 0 Å². The number of carbonyl (C=O) groups excluding carboxylic acids is 1. The summed E-state index contributed by atoms with van der Waals surface area (Å²) >= 11 is 0. The fraction of sp³-hybridized carbons (Fsp3) is 0.300. The third kappa shape index (κ3) is 6.46. The Morgan fingerprint density at radius 1 is 1.07 bits per heavy atom. The van der Waals surface area contributed by atoms with Crippen molar-refractivity contribution < 1.29 is 42.8 Å². The van der Waals surface area contributed by atoms with Gasteiger partial charge in [0.2, 0.25) is 0 Å². The maximum Gasteiger partial charge on any atom is 0.417 e. The minimum absolute atomic E-state index is 0.0357. The first kappa shape index (κ1) is 23.2. The zero-order valence-corrected chi connectivity index (χ0v) is 15.6. The van der Waals surface area contributed by atoms with Crippen molar-refractivity contribution in [2.24, 2.45) is 0 Å². The van der Waals surface area contributed by atoms with Crippen LogP contribution in [0.15, 0.2) is 48.5 Å². The molecule has 2 atom stereocenters. The lowest BCUT2D eigenvalue weighted by Crippen LogP contribution is -2.30. The number of ether oxygens (including phenoxy) is 1. The summed E-state index contributed by atoms with van der Waals surface area (Å²) in [5.74, 6) is -1.76. The lowest BCUT2D eigenvalue weighted by molar-refractivity contribution is -0.138. The second-order valence-corrected chi connectivity index (χ2v) is 6.40. The van der Waals surface area contributed by atoms with Crippen LogP contribution in [0, 0.1) is 0 Å². The summed E-state index contributed by atoms with van der Waals surface area (Å²) in [4.78, 5) is 22.6. The fourth-order valence-corrected chi connectivity index (χ4v) is 2.64. The lowest BCUT2D eigenvalue weighted by atomic mass is 9.97. The number of aliphatic hydroxyl groups is 2. The number of hydrogen-bond acceptors (Lipinski definition) is 5. The first-order valence-electron chi connectivity index (χ1n) is 8.84. The van der Waals surface area contributed by atoms with Crippen molar-refractivity contribution >= 4 is 12.1 Å². The highest BCUT2D eigenvalue weighted by atomic mass is 19.4. The molecule has 0 radical (unpaired) electrons. The van der Waals surface area contributed by atoms with Crippen molar-refractivity contribution in [3.8, 4) is 0 Å². The Bertz CT molecular complexity index is 873. The molecule has 0 aliphatic carbocycles. The molecule has 10 heteroatoms. The number of carboxylic acids is 1. The van der Waals surface area contributed by atoms with E-state index in [0.29, 0.717) is 6.07 Å². The van der Waals surface area contributed by atoms with Crippen molar-refractivity contribution in [1.29, 1.82) is 0 Å². The molecule has 0 aliphatic heterocycles. The van der Waals surface area contributed by atoms with E-state index in [0.717, 1.165) is 17.7 Å². The van der Waals surface area contributed by atoms with Crippen molar-refractivity contribution in [2.75, 3.05) is 6.54 Å². The molecule has 4 N–H and O–H groups in total. The summed E-state index contributed by atoms with van der Waals surface area (Å²) < 4.78 is 44.2. The molecule has 1 amide bonds. The van der Waals surface area contributed by atoms with E-state index in [2.05, 4.69) is 5.32 Å². The first-order valence-corrected chi connectivity index (χ1v) is 8.84. The maximum atomic E-state index is 13.1. The molecule has 2 aromatic rings. The number of alkyl halides is 3. The Morgan fingerprint density at radius 2 is 1.73 bits per heavy atom. The van der Waals surface area contributed by atoms with E-state index in [1.54, 1.807) is 24.3 Å². The van der Waals surface area contributed by atoms with Crippen molar-refractivity contribution in [3.05, 3.63) is 70.8 Å². The molecule has 2 aromatic carbocycles. The monoisotopic (exact) mass is 427 g/mol. The Labute approximate surface area is 169 Å². The standard InChI is InChI=1S/C20H20F3NO6/c21-20(22,23)15-10-13(6-7-14(15)18(27)28)17(26)16(25)8-9-24-19(29)30-11-12-4-2-1-3-5-12/h1-7,10,16-17,25-26H,8-9,11H2,(H,24,29)(H,27,28). The predicted molar refractivity (Wildman–Crippen MR) is 98.6 cm³/mol. The fourth-order valence-electron chi connectivity index (χ4n) is 2.64. The van der Waals surface area contributed by atoms with Crippen molar-refractivity contribution in [3.63, 3.8) is 0 Å². The van der Waals surface area contributed by atoms with Crippen molar-refractivity contribution in [2.45, 2.75) is 31.4 Å². The van der Waals surface area contributed by atoms with E-state index in [1.807, 2.05) is 6.07 Å². The summed E-state index contributed by atoms with van der Waals surface area (Å²) in [6.45, 7) is -0.0703. The molecule has 2 unspecified atom stereocenters. The third-order valence-corrected chi connectivity index (χ3v) is 4.21. The van der Waals surface area contributed by atoms with E-state index in [-0.39, 0.29) is 25.1 Å². The van der Waals surface area contributed by atoms with E-state index in [9.17, 15) is 33.0 Å². The quantitative estimate of drug-likeness (QED) is 0.515. The van der Waals surface area contributed by atoms with Crippen LogP contribution in [-0.2, 0) is 17.5 Å². The number of alkyl carbamates (subject to hydrolysis) is 1. The average molecular weight is 427 g/mol. The first-order chi connectivity index (χ1) is 14.1. The van der Waals surface area contributed by atoms with Gasteiger partial charge < -0.3 is 25.4 Å². The number of benzene rings is 2. The van der Waals surface area contributed by atoms with E-state index in [4.69, 9.17) is 9.84 Å². The number of amides is 1. The zero-order valence-electron chi connectivity index (χ0n) is 15.6. The van der Waals surface area contributed by atoms with Crippen LogP contribution in [0.1, 0.15) is 39.6 Å². The Hall–Kier alpha value is -3.11. The number of hydrogen-bond donors (Lipinski definition) is 4. The number of halogens is 3. The molecule has 0 saturated heterocycles. The van der Waals surface area contributed by atoms with Crippen LogP contribution >= 0.6 is 0 Å². The number of carboxylic acid groups (broad SMARTS) is 1. The Balaban J connectivity index is 1.90. The van der Waals surface area contributed by atoms with Crippen molar-refractivity contribution in [1.82, 2.24) is 5.32 Å². The molecule has 2 rings (SSSR count). The molecule has 30 heavy (non-hydrogen) atoms. The number of rotatable bonds is 8. The van der Waals surface area contributed by atoms with Gasteiger partial charge in [-0.3, -0.25) is 0 Å².